The lowest BCUT2D eigenvalue weighted by molar-refractivity contribution is -0.384. The van der Waals surface area contributed by atoms with E-state index >= 15 is 0 Å². The molecule has 0 atom stereocenters. The minimum Gasteiger partial charge on any atom is -0.423 e. The summed E-state index contributed by atoms with van der Waals surface area (Å²) in [6.07, 6.45) is 0.750. The molecule has 0 aliphatic heterocycles. The molecule has 0 fully saturated rings. The van der Waals surface area contributed by atoms with Crippen molar-refractivity contribution in [3.05, 3.63) is 69.8 Å². The number of nitrogen functional groups attached to an aromatic ring is 1. The predicted molar refractivity (Wildman–Crippen MR) is 95.3 cm³/mol. The van der Waals surface area contributed by atoms with Crippen LogP contribution in [0.1, 0.15) is 15.9 Å². The van der Waals surface area contributed by atoms with E-state index in [1.165, 1.54) is 53.4 Å². The molecule has 3 N–H and O–H groups in total. The topological polar surface area (TPSA) is 140 Å². The first-order valence-corrected chi connectivity index (χ1v) is 7.27. The lowest BCUT2D eigenvalue weighted by atomic mass is 10.1. The molecule has 9 nitrogen and oxygen atoms in total. The Balaban J connectivity index is 0.000000597. The average Bonchev–Trinajstić information content (AvgIpc) is 2.62. The van der Waals surface area contributed by atoms with Crippen LogP contribution in [0.5, 0.6) is 5.75 Å². The average molecular weight is 358 g/mol. The van der Waals surface area contributed by atoms with Gasteiger partial charge in [-0.1, -0.05) is 12.1 Å². The second-order valence-corrected chi connectivity index (χ2v) is 5.20. The molecule has 0 saturated heterocycles. The fourth-order valence-corrected chi connectivity index (χ4v) is 1.59. The van der Waals surface area contributed by atoms with Crippen molar-refractivity contribution < 1.29 is 19.2 Å². The molecule has 0 unspecified atom stereocenters. The number of rotatable bonds is 5. The number of esters is 1. The molecule has 136 valence electrons. The van der Waals surface area contributed by atoms with Crippen LogP contribution in [-0.2, 0) is 4.79 Å². The van der Waals surface area contributed by atoms with Crippen molar-refractivity contribution in [3.63, 3.8) is 0 Å². The number of hydrogen-bond donors (Lipinski definition) is 2. The Morgan fingerprint density at radius 2 is 1.58 bits per heavy atom. The molecule has 0 aliphatic rings. The molecular weight excluding hydrogens is 340 g/mol. The van der Waals surface area contributed by atoms with Gasteiger partial charge in [-0.2, -0.15) is 0 Å². The molecule has 2 aromatic carbocycles. The van der Waals surface area contributed by atoms with Gasteiger partial charge >= 0.3 is 5.97 Å². The Morgan fingerprint density at radius 3 is 1.96 bits per heavy atom. The maximum atomic E-state index is 11.9. The highest BCUT2D eigenvalue weighted by molar-refractivity contribution is 5.97. The molecule has 0 spiro atoms. The van der Waals surface area contributed by atoms with E-state index in [1.54, 1.807) is 14.1 Å². The molecule has 0 bridgehead atoms. The molecular formula is C17H18N4O5. The molecule has 0 aliphatic carbocycles. The van der Waals surface area contributed by atoms with Crippen molar-refractivity contribution in [2.45, 2.75) is 0 Å². The van der Waals surface area contributed by atoms with Gasteiger partial charge in [0.05, 0.1) is 10.5 Å². The first-order valence-electron chi connectivity index (χ1n) is 7.27. The number of hydrogen-bond acceptors (Lipinski definition) is 6. The fraction of sp³-hybridized carbons (Fsp3) is 0.118. The lowest BCUT2D eigenvalue weighted by Crippen LogP contribution is -2.12. The van der Waals surface area contributed by atoms with Gasteiger partial charge in [0.1, 0.15) is 11.6 Å². The van der Waals surface area contributed by atoms with Crippen molar-refractivity contribution >= 4 is 23.9 Å². The van der Waals surface area contributed by atoms with Gasteiger partial charge in [-0.05, 0) is 24.3 Å². The highest BCUT2D eigenvalue weighted by Gasteiger charge is 2.10. The molecule has 0 heterocycles. The Hall–Kier alpha value is -3.75. The van der Waals surface area contributed by atoms with Crippen LogP contribution in [0.4, 0.5) is 5.69 Å². The minimum atomic E-state index is -0.598. The van der Waals surface area contributed by atoms with Crippen LogP contribution in [0.15, 0.2) is 48.5 Å². The first-order chi connectivity index (χ1) is 12.2. The Morgan fingerprint density at radius 1 is 1.12 bits per heavy atom. The van der Waals surface area contributed by atoms with Gasteiger partial charge in [0.2, 0.25) is 6.41 Å². The molecule has 1 amide bonds. The van der Waals surface area contributed by atoms with Crippen molar-refractivity contribution in [1.29, 1.82) is 5.41 Å². The van der Waals surface area contributed by atoms with E-state index in [-0.39, 0.29) is 17.3 Å². The number of nitrogens with zero attached hydrogens (tertiary/aromatic N) is 2. The van der Waals surface area contributed by atoms with Crippen LogP contribution in [0.25, 0.3) is 0 Å². The van der Waals surface area contributed by atoms with Crippen LogP contribution >= 0.6 is 0 Å². The van der Waals surface area contributed by atoms with Crippen LogP contribution in [0.3, 0.4) is 0 Å². The standard InChI is InChI=1S/C14H11N3O4.C3H7NO/c15-13(16)9-1-3-10(4-2-9)14(18)21-12-7-5-11(6-8-12)17(19)20;1-4(2)3-5/h1-8H,(H3,15,16);3H,1-2H3. The van der Waals surface area contributed by atoms with Gasteiger partial charge in [0, 0.05) is 31.8 Å². The third kappa shape index (κ3) is 6.40. The number of nitrogens with two attached hydrogens (primary N) is 1. The fourth-order valence-electron chi connectivity index (χ4n) is 1.59. The van der Waals surface area contributed by atoms with Crippen molar-refractivity contribution in [2.75, 3.05) is 14.1 Å². The number of nitrogens with one attached hydrogen (secondary N) is 1. The summed E-state index contributed by atoms with van der Waals surface area (Å²) in [7, 11) is 3.38. The molecule has 0 saturated carbocycles. The third-order valence-electron chi connectivity index (χ3n) is 2.90. The van der Waals surface area contributed by atoms with E-state index in [9.17, 15) is 19.7 Å². The third-order valence-corrected chi connectivity index (χ3v) is 2.90. The van der Waals surface area contributed by atoms with E-state index in [4.69, 9.17) is 15.9 Å². The van der Waals surface area contributed by atoms with E-state index in [2.05, 4.69) is 0 Å². The van der Waals surface area contributed by atoms with E-state index < -0.39 is 10.9 Å². The summed E-state index contributed by atoms with van der Waals surface area (Å²) in [6, 6.07) is 11.3. The van der Waals surface area contributed by atoms with Gasteiger partial charge in [-0.25, -0.2) is 4.79 Å². The number of non-ortho nitro benzene ring substituents is 1. The SMILES string of the molecule is CN(C)C=O.N=C(N)c1ccc(C(=O)Oc2ccc([N+](=O)[O-])cc2)cc1. The number of carbonyl (C=O) groups is 2. The number of benzene rings is 2. The first kappa shape index (κ1) is 20.3. The smallest absolute Gasteiger partial charge is 0.343 e. The predicted octanol–water partition coefficient (Wildman–Crippen LogP) is 1.80. The zero-order valence-electron chi connectivity index (χ0n) is 14.2. The van der Waals surface area contributed by atoms with Crippen LogP contribution in [-0.4, -0.2) is 42.1 Å². The summed E-state index contributed by atoms with van der Waals surface area (Å²) in [6.45, 7) is 0. The molecule has 2 aromatic rings. The van der Waals surface area contributed by atoms with E-state index in [1.807, 2.05) is 0 Å². The Labute approximate surface area is 149 Å². The quantitative estimate of drug-likeness (QED) is 0.159. The number of nitro groups is 1. The molecule has 26 heavy (non-hydrogen) atoms. The van der Waals surface area contributed by atoms with Gasteiger partial charge in [0.25, 0.3) is 5.69 Å². The summed E-state index contributed by atoms with van der Waals surface area (Å²) in [5.74, 6) is -0.481. The summed E-state index contributed by atoms with van der Waals surface area (Å²) in [4.78, 5) is 32.7. The Bertz CT molecular complexity index is 786. The zero-order chi connectivity index (χ0) is 19.7. The van der Waals surface area contributed by atoms with Gasteiger partial charge in [-0.15, -0.1) is 0 Å². The highest BCUT2D eigenvalue weighted by Crippen LogP contribution is 2.18. The maximum Gasteiger partial charge on any atom is 0.343 e. The number of amides is 1. The monoisotopic (exact) mass is 358 g/mol. The summed E-state index contributed by atoms with van der Waals surface area (Å²) in [5.41, 5.74) is 6.02. The maximum absolute atomic E-state index is 11.9. The number of amidine groups is 1. The van der Waals surface area contributed by atoms with Gasteiger partial charge < -0.3 is 15.4 Å². The van der Waals surface area contributed by atoms with Crippen molar-refractivity contribution in [2.24, 2.45) is 5.73 Å². The van der Waals surface area contributed by atoms with E-state index in [0.717, 1.165) is 6.41 Å². The number of nitro benzene ring substituents is 1. The van der Waals surface area contributed by atoms with Gasteiger partial charge in [-0.3, -0.25) is 20.3 Å². The van der Waals surface area contributed by atoms with Crippen molar-refractivity contribution in [1.82, 2.24) is 4.90 Å². The summed E-state index contributed by atoms with van der Waals surface area (Å²) < 4.78 is 5.09. The Kier molecular flexibility index (Phi) is 7.43. The highest BCUT2D eigenvalue weighted by atomic mass is 16.6. The van der Waals surface area contributed by atoms with Crippen LogP contribution in [0, 0.1) is 15.5 Å². The van der Waals surface area contributed by atoms with Crippen LogP contribution < -0.4 is 10.5 Å². The number of carbonyl (C=O) groups excluding carboxylic acids is 2. The summed E-state index contributed by atoms with van der Waals surface area (Å²) in [5, 5.41) is 17.8. The minimum absolute atomic E-state index is 0.0828. The zero-order valence-corrected chi connectivity index (χ0v) is 14.2. The second kappa shape index (κ2) is 9.52. The summed E-state index contributed by atoms with van der Waals surface area (Å²) >= 11 is 0. The number of ether oxygens (including phenoxy) is 1. The van der Waals surface area contributed by atoms with Crippen LogP contribution in [0.2, 0.25) is 0 Å². The normalized spacial score (nSPS) is 9.31. The van der Waals surface area contributed by atoms with E-state index in [0.29, 0.717) is 11.1 Å². The lowest BCUT2D eigenvalue weighted by Gasteiger charge is -2.05. The second-order valence-electron chi connectivity index (χ2n) is 5.20. The largest absolute Gasteiger partial charge is 0.423 e. The molecule has 9 heteroatoms. The van der Waals surface area contributed by atoms with Crippen molar-refractivity contribution in [3.8, 4) is 5.75 Å². The van der Waals surface area contributed by atoms with Gasteiger partial charge in [0.15, 0.2) is 0 Å². The molecule has 0 radical (unpaired) electrons. The molecule has 2 rings (SSSR count). The molecule has 0 aromatic heterocycles.